The molecule has 1 saturated carbocycles. The van der Waals surface area contributed by atoms with E-state index in [-0.39, 0.29) is 17.7 Å². The summed E-state index contributed by atoms with van der Waals surface area (Å²) in [7, 11) is 0. The second-order valence-corrected chi connectivity index (χ2v) is 7.49. The van der Waals surface area contributed by atoms with Crippen molar-refractivity contribution < 1.29 is 19.1 Å². The van der Waals surface area contributed by atoms with Gasteiger partial charge in [-0.15, -0.1) is 0 Å². The highest BCUT2D eigenvalue weighted by Crippen LogP contribution is 2.44. The molecule has 27 heavy (non-hydrogen) atoms. The van der Waals surface area contributed by atoms with Crippen molar-refractivity contribution in [1.29, 1.82) is 0 Å². The number of fused-ring (bicyclic) bond motifs is 1. The van der Waals surface area contributed by atoms with Crippen molar-refractivity contribution in [3.05, 3.63) is 54.1 Å². The van der Waals surface area contributed by atoms with E-state index in [4.69, 9.17) is 9.47 Å². The molecule has 0 aromatic heterocycles. The minimum atomic E-state index is -0.484. The Morgan fingerprint density at radius 3 is 2.56 bits per heavy atom. The molecule has 0 amide bonds. The summed E-state index contributed by atoms with van der Waals surface area (Å²) in [5, 5.41) is 0. The third kappa shape index (κ3) is 3.48. The summed E-state index contributed by atoms with van der Waals surface area (Å²) < 4.78 is 11.6. The van der Waals surface area contributed by atoms with Crippen LogP contribution in [0.1, 0.15) is 49.4 Å². The molecule has 2 aromatic rings. The molecule has 1 fully saturated rings. The number of esters is 1. The molecule has 2 aliphatic rings. The van der Waals surface area contributed by atoms with Gasteiger partial charge in [-0.1, -0.05) is 36.4 Å². The van der Waals surface area contributed by atoms with E-state index < -0.39 is 5.60 Å². The number of ether oxygens (including phenoxy) is 2. The average Bonchev–Trinajstić information content (AvgIpc) is 2.69. The van der Waals surface area contributed by atoms with Crippen LogP contribution in [0.15, 0.2) is 48.5 Å². The molecule has 1 aliphatic heterocycles. The summed E-state index contributed by atoms with van der Waals surface area (Å²) in [4.78, 5) is 24.8. The fourth-order valence-electron chi connectivity index (χ4n) is 4.22. The Labute approximate surface area is 159 Å². The summed E-state index contributed by atoms with van der Waals surface area (Å²) in [6, 6.07) is 15.9. The number of hydrogen-bond acceptors (Lipinski definition) is 4. The minimum absolute atomic E-state index is 0.0775. The fraction of sp³-hybridized carbons (Fsp3) is 0.391. The summed E-state index contributed by atoms with van der Waals surface area (Å²) >= 11 is 0. The quantitative estimate of drug-likeness (QED) is 0.734. The van der Waals surface area contributed by atoms with Crippen LogP contribution in [0.4, 0.5) is 0 Å². The third-order valence-corrected chi connectivity index (χ3v) is 5.72. The number of hydrogen-bond donors (Lipinski definition) is 0. The van der Waals surface area contributed by atoms with E-state index in [9.17, 15) is 9.59 Å². The smallest absolute Gasteiger partial charge is 0.308 e. The van der Waals surface area contributed by atoms with Crippen molar-refractivity contribution in [1.82, 2.24) is 0 Å². The predicted octanol–water partition coefficient (Wildman–Crippen LogP) is 4.81. The highest BCUT2D eigenvalue weighted by atomic mass is 16.5. The molecule has 0 N–H and O–H groups in total. The van der Waals surface area contributed by atoms with Gasteiger partial charge in [0.15, 0.2) is 5.78 Å². The first-order valence-electron chi connectivity index (χ1n) is 9.68. The van der Waals surface area contributed by atoms with Crippen molar-refractivity contribution in [2.45, 2.75) is 44.6 Å². The number of benzene rings is 2. The number of rotatable bonds is 3. The van der Waals surface area contributed by atoms with Crippen LogP contribution in [-0.2, 0) is 9.53 Å². The van der Waals surface area contributed by atoms with Crippen molar-refractivity contribution in [2.75, 3.05) is 6.61 Å². The van der Waals surface area contributed by atoms with E-state index in [1.54, 1.807) is 0 Å². The van der Waals surface area contributed by atoms with E-state index in [1.165, 1.54) is 0 Å². The zero-order valence-corrected chi connectivity index (χ0v) is 15.6. The van der Waals surface area contributed by atoms with Crippen LogP contribution < -0.4 is 4.74 Å². The standard InChI is InChI=1S/C23H24O4/c1-2-26-22(25)17-10-12-23(13-11-17)15-20(24)19-9-8-18(14-21(19)27-23)16-6-4-3-5-7-16/h3-9,14,17H,2,10-13,15H2,1H3. The molecule has 4 rings (SSSR count). The zero-order valence-electron chi connectivity index (χ0n) is 15.6. The summed E-state index contributed by atoms with van der Waals surface area (Å²) in [6.45, 7) is 2.23. The molecule has 0 atom stereocenters. The van der Waals surface area contributed by atoms with Gasteiger partial charge in [-0.05, 0) is 55.9 Å². The molecular weight excluding hydrogens is 340 g/mol. The lowest BCUT2D eigenvalue weighted by Crippen LogP contribution is -2.46. The van der Waals surface area contributed by atoms with Gasteiger partial charge in [0, 0.05) is 0 Å². The van der Waals surface area contributed by atoms with Crippen molar-refractivity contribution in [3.63, 3.8) is 0 Å². The molecule has 0 saturated heterocycles. The van der Waals surface area contributed by atoms with Crippen LogP contribution >= 0.6 is 0 Å². The number of Topliss-reactive ketones (excluding diaryl/α,β-unsaturated/α-hetero) is 1. The van der Waals surface area contributed by atoms with Crippen molar-refractivity contribution >= 4 is 11.8 Å². The van der Waals surface area contributed by atoms with Crippen LogP contribution in [0.5, 0.6) is 5.75 Å². The van der Waals surface area contributed by atoms with Gasteiger partial charge < -0.3 is 9.47 Å². The van der Waals surface area contributed by atoms with Crippen molar-refractivity contribution in [2.24, 2.45) is 5.92 Å². The van der Waals surface area contributed by atoms with E-state index in [1.807, 2.05) is 55.5 Å². The van der Waals surface area contributed by atoms with Crippen molar-refractivity contribution in [3.8, 4) is 16.9 Å². The zero-order chi connectivity index (χ0) is 18.9. The summed E-state index contributed by atoms with van der Waals surface area (Å²) in [5.74, 6) is 0.597. The van der Waals surface area contributed by atoms with Crippen LogP contribution in [0.2, 0.25) is 0 Å². The lowest BCUT2D eigenvalue weighted by molar-refractivity contribution is -0.150. The largest absolute Gasteiger partial charge is 0.486 e. The Morgan fingerprint density at radius 1 is 1.11 bits per heavy atom. The monoisotopic (exact) mass is 364 g/mol. The maximum absolute atomic E-state index is 12.8. The molecule has 4 heteroatoms. The van der Waals surface area contributed by atoms with E-state index in [2.05, 4.69) is 0 Å². The molecule has 2 aromatic carbocycles. The van der Waals surface area contributed by atoms with E-state index in [0.29, 0.717) is 50.0 Å². The summed E-state index contributed by atoms with van der Waals surface area (Å²) in [6.07, 6.45) is 3.22. The van der Waals surface area contributed by atoms with Crippen LogP contribution in [0.3, 0.4) is 0 Å². The van der Waals surface area contributed by atoms with E-state index >= 15 is 0 Å². The Balaban J connectivity index is 1.56. The second-order valence-electron chi connectivity index (χ2n) is 7.49. The first kappa shape index (κ1) is 17.8. The minimum Gasteiger partial charge on any atom is -0.486 e. The van der Waals surface area contributed by atoms with Gasteiger partial charge in [0.2, 0.25) is 0 Å². The lowest BCUT2D eigenvalue weighted by Gasteiger charge is -2.42. The summed E-state index contributed by atoms with van der Waals surface area (Å²) in [5.41, 5.74) is 2.32. The SMILES string of the molecule is CCOC(=O)C1CCC2(CC1)CC(=O)c1ccc(-c3ccccc3)cc1O2. The molecule has 0 bridgehead atoms. The molecule has 1 aliphatic carbocycles. The highest BCUT2D eigenvalue weighted by Gasteiger charge is 2.44. The predicted molar refractivity (Wildman–Crippen MR) is 103 cm³/mol. The van der Waals surface area contributed by atoms with E-state index in [0.717, 1.165) is 11.1 Å². The Bertz CT molecular complexity index is 848. The molecule has 0 unspecified atom stereocenters. The Morgan fingerprint density at radius 2 is 1.85 bits per heavy atom. The van der Waals surface area contributed by atoms with Gasteiger partial charge in [-0.2, -0.15) is 0 Å². The lowest BCUT2D eigenvalue weighted by atomic mass is 9.74. The number of ketones is 1. The van der Waals surface area contributed by atoms with Crippen LogP contribution in [0.25, 0.3) is 11.1 Å². The van der Waals surface area contributed by atoms with Gasteiger partial charge in [0.05, 0.1) is 24.5 Å². The third-order valence-electron chi connectivity index (χ3n) is 5.72. The van der Waals surface area contributed by atoms with Gasteiger partial charge in [-0.3, -0.25) is 9.59 Å². The van der Waals surface area contributed by atoms with Gasteiger partial charge in [-0.25, -0.2) is 0 Å². The second kappa shape index (κ2) is 7.18. The Kier molecular flexibility index (Phi) is 4.73. The number of carbonyl (C=O) groups excluding carboxylic acids is 2. The molecule has 140 valence electrons. The Hall–Kier alpha value is -2.62. The fourth-order valence-corrected chi connectivity index (χ4v) is 4.22. The topological polar surface area (TPSA) is 52.6 Å². The molecule has 4 nitrogen and oxygen atoms in total. The van der Waals surface area contributed by atoms with Crippen LogP contribution in [0, 0.1) is 5.92 Å². The average molecular weight is 364 g/mol. The molecule has 1 heterocycles. The first-order chi connectivity index (χ1) is 13.1. The first-order valence-corrected chi connectivity index (χ1v) is 9.68. The molecule has 0 radical (unpaired) electrons. The van der Waals surface area contributed by atoms with Gasteiger partial charge in [0.25, 0.3) is 0 Å². The normalized spacial score (nSPS) is 24.2. The van der Waals surface area contributed by atoms with Gasteiger partial charge in [0.1, 0.15) is 11.4 Å². The molecular formula is C23H24O4. The molecule has 1 spiro atoms. The highest BCUT2D eigenvalue weighted by molar-refractivity contribution is 6.01. The maximum atomic E-state index is 12.8. The maximum Gasteiger partial charge on any atom is 0.308 e. The number of carbonyl (C=O) groups is 2. The van der Waals surface area contributed by atoms with Crippen LogP contribution in [-0.4, -0.2) is 24.0 Å². The van der Waals surface area contributed by atoms with Gasteiger partial charge >= 0.3 is 5.97 Å².